The van der Waals surface area contributed by atoms with Gasteiger partial charge < -0.3 is 20.3 Å². The fourth-order valence-corrected chi connectivity index (χ4v) is 9.05. The summed E-state index contributed by atoms with van der Waals surface area (Å²) >= 11 is 0. The average Bonchev–Trinajstić information content (AvgIpc) is 3.27. The molecule has 0 bridgehead atoms. The lowest BCUT2D eigenvalue weighted by Crippen LogP contribution is -2.45. The van der Waals surface area contributed by atoms with Gasteiger partial charge in [0.2, 0.25) is 5.91 Å². The zero-order chi connectivity index (χ0) is 45.1. The molecule has 0 heterocycles. The van der Waals surface area contributed by atoms with Gasteiger partial charge in [-0.25, -0.2) is 0 Å². The number of carbonyl (C=O) groups excluding carboxylic acids is 2. The van der Waals surface area contributed by atoms with Gasteiger partial charge in [-0.3, -0.25) is 9.59 Å². The predicted octanol–water partition coefficient (Wildman–Crippen LogP) is 17.1. The third-order valence-corrected chi connectivity index (χ3v) is 13.4. The van der Waals surface area contributed by atoms with E-state index in [1.807, 2.05) is 0 Å². The zero-order valence-electron chi connectivity index (χ0n) is 42.1. The molecule has 0 aliphatic carbocycles. The Morgan fingerprint density at radius 3 is 0.984 bits per heavy atom. The van der Waals surface area contributed by atoms with Crippen molar-refractivity contribution in [2.24, 2.45) is 0 Å². The van der Waals surface area contributed by atoms with Gasteiger partial charge in [-0.1, -0.05) is 284 Å². The number of rotatable bonds is 53. The number of ether oxygens (including phenoxy) is 1. The monoisotopic (exact) mass is 878 g/mol. The Hall–Kier alpha value is -1.14. The van der Waals surface area contributed by atoms with E-state index in [0.717, 1.165) is 57.8 Å². The maximum atomic E-state index is 12.5. The normalized spacial score (nSPS) is 12.5. The minimum atomic E-state index is -0.677. The molecule has 0 aliphatic rings. The SMILES string of the molecule is CCCCCCCCCCCCCCCCCCCCC(=O)OCCCCCCCCCCCCC(=O)NC(CO)C(O)CCCCCCCCCCCCCCCCCCC. The molecule has 1 amide bonds. The summed E-state index contributed by atoms with van der Waals surface area (Å²) in [6.45, 7) is 4.93. The van der Waals surface area contributed by atoms with Crippen LogP contribution in [0.2, 0.25) is 0 Å². The van der Waals surface area contributed by atoms with Crippen LogP contribution in [-0.2, 0) is 14.3 Å². The van der Waals surface area contributed by atoms with Crippen molar-refractivity contribution in [2.75, 3.05) is 13.2 Å². The Labute approximate surface area is 387 Å². The second-order valence-corrected chi connectivity index (χ2v) is 19.6. The molecular weight excluding hydrogens is 767 g/mol. The van der Waals surface area contributed by atoms with Crippen LogP contribution in [0.25, 0.3) is 0 Å². The summed E-state index contributed by atoms with van der Waals surface area (Å²) in [5, 5.41) is 23.3. The van der Waals surface area contributed by atoms with Gasteiger partial charge in [0.05, 0.1) is 25.4 Å². The van der Waals surface area contributed by atoms with Gasteiger partial charge in [-0.2, -0.15) is 0 Å². The van der Waals surface area contributed by atoms with Gasteiger partial charge in [0.15, 0.2) is 0 Å². The lowest BCUT2D eigenvalue weighted by molar-refractivity contribution is -0.143. The van der Waals surface area contributed by atoms with Crippen LogP contribution < -0.4 is 5.32 Å². The van der Waals surface area contributed by atoms with Crippen LogP contribution in [-0.4, -0.2) is 47.4 Å². The maximum absolute atomic E-state index is 12.5. The first-order chi connectivity index (χ1) is 30.5. The van der Waals surface area contributed by atoms with Crippen LogP contribution in [0.4, 0.5) is 0 Å². The van der Waals surface area contributed by atoms with E-state index in [4.69, 9.17) is 4.74 Å². The topological polar surface area (TPSA) is 95.9 Å². The number of hydrogen-bond donors (Lipinski definition) is 3. The molecule has 0 aromatic carbocycles. The molecule has 0 aromatic heterocycles. The molecule has 0 saturated heterocycles. The van der Waals surface area contributed by atoms with Crippen LogP contribution in [0, 0.1) is 0 Å². The van der Waals surface area contributed by atoms with E-state index in [2.05, 4.69) is 19.2 Å². The Morgan fingerprint density at radius 1 is 0.387 bits per heavy atom. The first kappa shape index (κ1) is 60.9. The molecule has 0 saturated carbocycles. The number of aliphatic hydroxyl groups excluding tert-OH is 2. The summed E-state index contributed by atoms with van der Waals surface area (Å²) in [4.78, 5) is 24.6. The molecule has 6 heteroatoms. The second kappa shape index (κ2) is 52.5. The minimum absolute atomic E-state index is 0.0133. The van der Waals surface area contributed by atoms with E-state index in [-0.39, 0.29) is 18.5 Å². The van der Waals surface area contributed by atoms with Crippen molar-refractivity contribution in [1.29, 1.82) is 0 Å². The summed E-state index contributed by atoms with van der Waals surface area (Å²) in [6.07, 6.45) is 59.4. The van der Waals surface area contributed by atoms with Gasteiger partial charge in [0, 0.05) is 12.8 Å². The third kappa shape index (κ3) is 48.3. The molecule has 62 heavy (non-hydrogen) atoms. The lowest BCUT2D eigenvalue weighted by Gasteiger charge is -2.22. The molecule has 2 atom stereocenters. The van der Waals surface area contributed by atoms with Gasteiger partial charge in [-0.05, 0) is 25.7 Å². The smallest absolute Gasteiger partial charge is 0.305 e. The summed E-state index contributed by atoms with van der Waals surface area (Å²) in [5.74, 6) is -0.0672. The Balaban J connectivity index is 3.44. The van der Waals surface area contributed by atoms with Crippen LogP contribution in [0.3, 0.4) is 0 Å². The van der Waals surface area contributed by atoms with Gasteiger partial charge in [0.25, 0.3) is 0 Å². The van der Waals surface area contributed by atoms with Crippen LogP contribution >= 0.6 is 0 Å². The number of hydrogen-bond acceptors (Lipinski definition) is 5. The van der Waals surface area contributed by atoms with E-state index in [9.17, 15) is 19.8 Å². The highest BCUT2D eigenvalue weighted by Gasteiger charge is 2.20. The number of amides is 1. The quantitative estimate of drug-likeness (QED) is 0.0418. The Kier molecular flexibility index (Phi) is 51.5. The molecule has 0 rings (SSSR count). The molecular formula is C56H111NO5. The summed E-state index contributed by atoms with van der Waals surface area (Å²) in [6, 6.07) is -0.557. The lowest BCUT2D eigenvalue weighted by atomic mass is 10.0. The number of aliphatic hydroxyl groups is 2. The van der Waals surface area contributed by atoms with Gasteiger partial charge in [0.1, 0.15) is 0 Å². The summed E-state index contributed by atoms with van der Waals surface area (Å²) < 4.78 is 5.48. The molecule has 6 nitrogen and oxygen atoms in total. The molecule has 0 fully saturated rings. The van der Waals surface area contributed by atoms with Crippen molar-refractivity contribution < 1.29 is 24.5 Å². The van der Waals surface area contributed by atoms with Crippen molar-refractivity contribution in [2.45, 2.75) is 334 Å². The van der Waals surface area contributed by atoms with E-state index in [1.54, 1.807) is 0 Å². The maximum Gasteiger partial charge on any atom is 0.305 e. The molecule has 0 aromatic rings. The fraction of sp³-hybridized carbons (Fsp3) is 0.964. The Morgan fingerprint density at radius 2 is 0.661 bits per heavy atom. The molecule has 0 radical (unpaired) electrons. The van der Waals surface area contributed by atoms with Crippen molar-refractivity contribution >= 4 is 11.9 Å². The number of esters is 1. The van der Waals surface area contributed by atoms with E-state index in [1.165, 1.54) is 231 Å². The van der Waals surface area contributed by atoms with Crippen molar-refractivity contribution in [3.05, 3.63) is 0 Å². The average molecular weight is 879 g/mol. The second-order valence-electron chi connectivity index (χ2n) is 19.6. The van der Waals surface area contributed by atoms with Crippen molar-refractivity contribution in [1.82, 2.24) is 5.32 Å². The van der Waals surface area contributed by atoms with Crippen LogP contribution in [0.1, 0.15) is 322 Å². The highest BCUT2D eigenvalue weighted by atomic mass is 16.5. The number of carbonyl (C=O) groups is 2. The van der Waals surface area contributed by atoms with Crippen LogP contribution in [0.15, 0.2) is 0 Å². The number of unbranched alkanes of at least 4 members (excludes halogenated alkanes) is 42. The van der Waals surface area contributed by atoms with Crippen molar-refractivity contribution in [3.8, 4) is 0 Å². The van der Waals surface area contributed by atoms with Gasteiger partial charge in [-0.15, -0.1) is 0 Å². The molecule has 0 spiro atoms. The molecule has 2 unspecified atom stereocenters. The van der Waals surface area contributed by atoms with Crippen LogP contribution in [0.5, 0.6) is 0 Å². The van der Waals surface area contributed by atoms with E-state index in [0.29, 0.717) is 25.9 Å². The molecule has 3 N–H and O–H groups in total. The minimum Gasteiger partial charge on any atom is -0.466 e. The Bertz CT molecular complexity index is 882. The highest BCUT2D eigenvalue weighted by Crippen LogP contribution is 2.18. The first-order valence-electron chi connectivity index (χ1n) is 28.3. The standard InChI is InChI=1S/C56H111NO5/c1-3-5-7-9-11-13-15-17-19-21-23-25-27-29-34-38-42-46-50-56(61)62-51-47-43-39-35-31-30-33-37-41-45-49-55(60)57-53(52-58)54(59)48-44-40-36-32-28-26-24-22-20-18-16-14-12-10-8-6-4-2/h53-54,58-59H,3-52H2,1-2H3,(H,57,60). The van der Waals surface area contributed by atoms with E-state index >= 15 is 0 Å². The predicted molar refractivity (Wildman–Crippen MR) is 269 cm³/mol. The molecule has 370 valence electrons. The first-order valence-corrected chi connectivity index (χ1v) is 28.3. The van der Waals surface area contributed by atoms with Crippen molar-refractivity contribution in [3.63, 3.8) is 0 Å². The third-order valence-electron chi connectivity index (χ3n) is 13.4. The summed E-state index contributed by atoms with van der Waals surface area (Å²) in [5.41, 5.74) is 0. The van der Waals surface area contributed by atoms with Gasteiger partial charge >= 0.3 is 5.97 Å². The van der Waals surface area contributed by atoms with E-state index < -0.39 is 12.1 Å². The largest absolute Gasteiger partial charge is 0.466 e. The number of nitrogens with one attached hydrogen (secondary N) is 1. The summed E-state index contributed by atoms with van der Waals surface area (Å²) in [7, 11) is 0. The molecule has 0 aliphatic heterocycles. The highest BCUT2D eigenvalue weighted by molar-refractivity contribution is 5.76. The fourth-order valence-electron chi connectivity index (χ4n) is 9.05. The zero-order valence-corrected chi connectivity index (χ0v) is 42.1.